The lowest BCUT2D eigenvalue weighted by Gasteiger charge is -2.09. The third-order valence-electron chi connectivity index (χ3n) is 3.16. The molecule has 2 aromatic rings. The van der Waals surface area contributed by atoms with E-state index in [9.17, 15) is 4.79 Å². The van der Waals surface area contributed by atoms with E-state index in [1.807, 2.05) is 18.2 Å². The Morgan fingerprint density at radius 1 is 0.944 bits per heavy atom. The number of hydrogen-bond donors (Lipinski definition) is 1. The Morgan fingerprint density at radius 3 is 2.28 bits per heavy atom. The molecular weight excluding hydrogens is 222 g/mol. The van der Waals surface area contributed by atoms with Gasteiger partial charge in [0, 0.05) is 5.69 Å². The summed E-state index contributed by atoms with van der Waals surface area (Å²) in [6, 6.07) is 16.3. The maximum Gasteiger partial charge on any atom is 0.211 e. The van der Waals surface area contributed by atoms with Crippen molar-refractivity contribution in [1.29, 1.82) is 0 Å². The van der Waals surface area contributed by atoms with Crippen molar-refractivity contribution in [2.45, 2.75) is 19.8 Å². The summed E-state index contributed by atoms with van der Waals surface area (Å²) in [5, 5.41) is 2.75. The number of nitrogens with one attached hydrogen (secondary N) is 1. The molecule has 0 unspecified atom stereocenters. The summed E-state index contributed by atoms with van der Waals surface area (Å²) in [6.45, 7) is 2.13. The number of hydrogen-bond acceptors (Lipinski definition) is 1. The molecule has 0 aliphatic carbocycles. The van der Waals surface area contributed by atoms with E-state index in [1.54, 1.807) is 0 Å². The minimum Gasteiger partial charge on any atom is -0.328 e. The number of amides is 1. The van der Waals surface area contributed by atoms with Crippen LogP contribution in [0.1, 0.15) is 16.7 Å². The average Bonchev–Trinajstić information content (AvgIpc) is 2.40. The van der Waals surface area contributed by atoms with Crippen molar-refractivity contribution >= 4 is 12.1 Å². The third kappa shape index (κ3) is 2.98. The zero-order valence-electron chi connectivity index (χ0n) is 10.5. The first-order chi connectivity index (χ1) is 8.81. The van der Waals surface area contributed by atoms with Crippen LogP contribution in [0, 0.1) is 6.92 Å². The Hall–Kier alpha value is -2.09. The monoisotopic (exact) mass is 239 g/mol. The predicted molar refractivity (Wildman–Crippen MR) is 74.7 cm³/mol. The molecule has 0 aliphatic heterocycles. The first-order valence-corrected chi connectivity index (χ1v) is 6.14. The maximum atomic E-state index is 10.5. The van der Waals surface area contributed by atoms with Crippen LogP contribution >= 0.6 is 0 Å². The molecule has 0 heterocycles. The number of anilines is 1. The third-order valence-corrected chi connectivity index (χ3v) is 3.16. The Kier molecular flexibility index (Phi) is 4.13. The molecule has 2 heteroatoms. The number of rotatable bonds is 5. The van der Waals surface area contributed by atoms with Crippen LogP contribution in [0.2, 0.25) is 0 Å². The molecule has 0 atom stereocenters. The Balaban J connectivity index is 2.11. The molecule has 0 radical (unpaired) electrons. The molecule has 1 N–H and O–H groups in total. The number of carbonyl (C=O) groups is 1. The van der Waals surface area contributed by atoms with E-state index < -0.39 is 0 Å². The van der Waals surface area contributed by atoms with E-state index in [4.69, 9.17) is 0 Å². The highest BCUT2D eigenvalue weighted by atomic mass is 16.1. The van der Waals surface area contributed by atoms with Gasteiger partial charge in [0.2, 0.25) is 6.41 Å². The van der Waals surface area contributed by atoms with Gasteiger partial charge >= 0.3 is 0 Å². The van der Waals surface area contributed by atoms with Crippen LogP contribution in [0.3, 0.4) is 0 Å². The van der Waals surface area contributed by atoms with Crippen LogP contribution in [0.25, 0.3) is 0 Å². The number of carbonyl (C=O) groups excluding carboxylic acids is 1. The molecule has 0 saturated carbocycles. The Morgan fingerprint density at radius 2 is 1.56 bits per heavy atom. The second kappa shape index (κ2) is 6.01. The first kappa shape index (κ1) is 12.4. The molecule has 0 fully saturated rings. The summed E-state index contributed by atoms with van der Waals surface area (Å²) in [5.74, 6) is 0. The van der Waals surface area contributed by atoms with Crippen molar-refractivity contribution in [3.8, 4) is 0 Å². The van der Waals surface area contributed by atoms with Crippen molar-refractivity contribution in [2.24, 2.45) is 0 Å². The molecule has 2 aromatic carbocycles. The van der Waals surface area contributed by atoms with Gasteiger partial charge in [-0.1, -0.05) is 42.5 Å². The molecule has 2 rings (SSSR count). The smallest absolute Gasteiger partial charge is 0.211 e. The molecule has 1 amide bonds. The molecule has 18 heavy (non-hydrogen) atoms. The fourth-order valence-corrected chi connectivity index (χ4v) is 2.10. The average molecular weight is 239 g/mol. The maximum absolute atomic E-state index is 10.5. The molecule has 2 nitrogen and oxygen atoms in total. The molecular formula is C16H17NO. The molecule has 0 saturated heterocycles. The summed E-state index contributed by atoms with van der Waals surface area (Å²) in [5.41, 5.74) is 4.76. The van der Waals surface area contributed by atoms with Crippen molar-refractivity contribution in [1.82, 2.24) is 0 Å². The SMILES string of the molecule is Cc1ccccc1CCc1ccccc1NC=O. The van der Waals surface area contributed by atoms with E-state index >= 15 is 0 Å². The van der Waals surface area contributed by atoms with Crippen LogP contribution in [0.5, 0.6) is 0 Å². The second-order valence-corrected chi connectivity index (χ2v) is 4.35. The lowest BCUT2D eigenvalue weighted by Crippen LogP contribution is -2.01. The largest absolute Gasteiger partial charge is 0.328 e. The molecule has 0 bridgehead atoms. The quantitative estimate of drug-likeness (QED) is 0.796. The van der Waals surface area contributed by atoms with Gasteiger partial charge in [-0.25, -0.2) is 0 Å². The predicted octanol–water partition coefficient (Wildman–Crippen LogP) is 3.35. The highest BCUT2D eigenvalue weighted by Gasteiger charge is 2.02. The minimum absolute atomic E-state index is 0.729. The van der Waals surface area contributed by atoms with Crippen molar-refractivity contribution in [3.63, 3.8) is 0 Å². The van der Waals surface area contributed by atoms with Crippen molar-refractivity contribution in [2.75, 3.05) is 5.32 Å². The summed E-state index contributed by atoms with van der Waals surface area (Å²) in [4.78, 5) is 10.5. The zero-order valence-corrected chi connectivity index (χ0v) is 10.5. The second-order valence-electron chi connectivity index (χ2n) is 4.35. The van der Waals surface area contributed by atoms with E-state index in [0.717, 1.165) is 24.9 Å². The summed E-state index contributed by atoms with van der Waals surface area (Å²) < 4.78 is 0. The topological polar surface area (TPSA) is 29.1 Å². The number of benzene rings is 2. The number of aryl methyl sites for hydroxylation is 3. The fourth-order valence-electron chi connectivity index (χ4n) is 2.10. The van der Waals surface area contributed by atoms with Gasteiger partial charge < -0.3 is 5.32 Å². The lowest BCUT2D eigenvalue weighted by atomic mass is 10.00. The molecule has 0 aromatic heterocycles. The van der Waals surface area contributed by atoms with Crippen LogP contribution in [-0.2, 0) is 17.6 Å². The van der Waals surface area contributed by atoms with Crippen molar-refractivity contribution < 1.29 is 4.79 Å². The normalized spacial score (nSPS) is 10.1. The van der Waals surface area contributed by atoms with Gasteiger partial charge in [0.25, 0.3) is 0 Å². The van der Waals surface area contributed by atoms with Crippen LogP contribution < -0.4 is 5.32 Å². The molecule has 92 valence electrons. The van der Waals surface area contributed by atoms with Gasteiger partial charge in [0.1, 0.15) is 0 Å². The van der Waals surface area contributed by atoms with Gasteiger partial charge in [-0.05, 0) is 42.5 Å². The fraction of sp³-hybridized carbons (Fsp3) is 0.188. The van der Waals surface area contributed by atoms with Crippen LogP contribution in [0.4, 0.5) is 5.69 Å². The van der Waals surface area contributed by atoms with Gasteiger partial charge in [-0.3, -0.25) is 4.79 Å². The van der Waals surface area contributed by atoms with Gasteiger partial charge in [0.15, 0.2) is 0 Å². The first-order valence-electron chi connectivity index (χ1n) is 6.14. The molecule has 0 spiro atoms. The Bertz CT molecular complexity index is 534. The highest BCUT2D eigenvalue weighted by molar-refractivity contribution is 5.73. The Labute approximate surface area is 108 Å². The van der Waals surface area contributed by atoms with Gasteiger partial charge in [-0.2, -0.15) is 0 Å². The summed E-state index contributed by atoms with van der Waals surface area (Å²) in [6.07, 6.45) is 2.65. The lowest BCUT2D eigenvalue weighted by molar-refractivity contribution is -0.105. The molecule has 0 aliphatic rings. The summed E-state index contributed by atoms with van der Waals surface area (Å²) >= 11 is 0. The summed E-state index contributed by atoms with van der Waals surface area (Å²) in [7, 11) is 0. The van der Waals surface area contributed by atoms with Crippen LogP contribution in [-0.4, -0.2) is 6.41 Å². The van der Waals surface area contributed by atoms with Gasteiger partial charge in [0.05, 0.1) is 0 Å². The van der Waals surface area contributed by atoms with E-state index in [2.05, 4.69) is 42.6 Å². The van der Waals surface area contributed by atoms with Crippen molar-refractivity contribution in [3.05, 3.63) is 65.2 Å². The van der Waals surface area contributed by atoms with Gasteiger partial charge in [-0.15, -0.1) is 0 Å². The number of para-hydroxylation sites is 1. The van der Waals surface area contributed by atoms with E-state index in [-0.39, 0.29) is 0 Å². The standard InChI is InChI=1S/C16H17NO/c1-13-6-2-3-7-14(13)10-11-15-8-4-5-9-16(15)17-12-18/h2-9,12H,10-11H2,1H3,(H,17,18). The van der Waals surface area contributed by atoms with E-state index in [1.165, 1.54) is 16.7 Å². The minimum atomic E-state index is 0.729. The van der Waals surface area contributed by atoms with E-state index in [0.29, 0.717) is 0 Å². The highest BCUT2D eigenvalue weighted by Crippen LogP contribution is 2.18. The zero-order chi connectivity index (χ0) is 12.8. The van der Waals surface area contributed by atoms with Crippen LogP contribution in [0.15, 0.2) is 48.5 Å².